The van der Waals surface area contributed by atoms with Gasteiger partial charge in [0.2, 0.25) is 0 Å². The molecule has 1 rings (SSSR count). The van der Waals surface area contributed by atoms with Crippen molar-refractivity contribution < 1.29 is 14.6 Å². The van der Waals surface area contributed by atoms with Gasteiger partial charge in [0.25, 0.3) is 0 Å². The molecule has 0 bridgehead atoms. The van der Waals surface area contributed by atoms with Gasteiger partial charge in [-0.15, -0.1) is 0 Å². The Morgan fingerprint density at radius 3 is 2.72 bits per heavy atom. The first-order valence-electron chi connectivity index (χ1n) is 6.47. The lowest BCUT2D eigenvalue weighted by molar-refractivity contribution is 0.0592. The number of aliphatic hydroxyl groups excluding tert-OH is 1. The van der Waals surface area contributed by atoms with E-state index in [-0.39, 0.29) is 5.97 Å². The van der Waals surface area contributed by atoms with Crippen molar-refractivity contribution in [3.63, 3.8) is 0 Å². The summed E-state index contributed by atoms with van der Waals surface area (Å²) >= 11 is 0. The summed E-state index contributed by atoms with van der Waals surface area (Å²) in [5, 5.41) is 10.2. The lowest BCUT2D eigenvalue weighted by atomic mass is 9.96. The highest BCUT2D eigenvalue weighted by Crippen LogP contribution is 2.24. The number of methoxy groups -OCH3 is 1. The molecule has 0 amide bonds. The van der Waals surface area contributed by atoms with E-state index < -0.39 is 6.10 Å². The molecule has 1 atom stereocenters. The number of ether oxygens (including phenoxy) is 1. The first kappa shape index (κ1) is 14.7. The minimum atomic E-state index is -0.591. The second kappa shape index (κ2) is 7.17. The largest absolute Gasteiger partial charge is 0.465 e. The lowest BCUT2D eigenvalue weighted by Gasteiger charge is -2.15. The fourth-order valence-electron chi connectivity index (χ4n) is 1.99. The highest BCUT2D eigenvalue weighted by Gasteiger charge is 2.17. The highest BCUT2D eigenvalue weighted by molar-refractivity contribution is 5.91. The van der Waals surface area contributed by atoms with Crippen LogP contribution < -0.4 is 0 Å². The van der Waals surface area contributed by atoms with Crippen molar-refractivity contribution in [2.45, 2.75) is 45.6 Å². The molecule has 0 spiro atoms. The molecule has 1 unspecified atom stereocenters. The van der Waals surface area contributed by atoms with Crippen LogP contribution in [0.25, 0.3) is 0 Å². The lowest BCUT2D eigenvalue weighted by Crippen LogP contribution is -2.09. The molecule has 0 aliphatic rings. The molecule has 100 valence electrons. The van der Waals surface area contributed by atoms with Crippen LogP contribution >= 0.6 is 0 Å². The first-order chi connectivity index (χ1) is 8.60. The number of unbranched alkanes of at least 4 members (excludes halogenated alkanes) is 2. The number of aliphatic hydroxyl groups is 1. The Kier molecular flexibility index (Phi) is 5.86. The summed E-state index contributed by atoms with van der Waals surface area (Å²) in [5.41, 5.74) is 2.13. The number of aryl methyl sites for hydroxylation is 1. The topological polar surface area (TPSA) is 46.5 Å². The zero-order valence-electron chi connectivity index (χ0n) is 11.4. The van der Waals surface area contributed by atoms with Gasteiger partial charge in [0.1, 0.15) is 0 Å². The summed E-state index contributed by atoms with van der Waals surface area (Å²) < 4.78 is 4.76. The maximum atomic E-state index is 11.7. The number of hydrogen-bond acceptors (Lipinski definition) is 3. The molecule has 1 N–H and O–H groups in total. The van der Waals surface area contributed by atoms with Crippen LogP contribution in [0.5, 0.6) is 0 Å². The number of esters is 1. The average Bonchev–Trinajstić information content (AvgIpc) is 2.37. The quantitative estimate of drug-likeness (QED) is 0.621. The van der Waals surface area contributed by atoms with Crippen molar-refractivity contribution in [2.24, 2.45) is 0 Å². The van der Waals surface area contributed by atoms with Crippen LogP contribution in [0.2, 0.25) is 0 Å². The van der Waals surface area contributed by atoms with E-state index in [0.29, 0.717) is 17.5 Å². The molecule has 1 aromatic rings. The average molecular weight is 250 g/mol. The van der Waals surface area contributed by atoms with E-state index in [1.54, 1.807) is 6.07 Å². The van der Waals surface area contributed by atoms with Gasteiger partial charge in [0, 0.05) is 0 Å². The first-order valence-corrected chi connectivity index (χ1v) is 6.47. The van der Waals surface area contributed by atoms with Gasteiger partial charge in [-0.05, 0) is 25.0 Å². The van der Waals surface area contributed by atoms with Gasteiger partial charge in [0.15, 0.2) is 0 Å². The monoisotopic (exact) mass is 250 g/mol. The van der Waals surface area contributed by atoms with Crippen LogP contribution in [-0.2, 0) is 4.74 Å². The third kappa shape index (κ3) is 3.84. The van der Waals surface area contributed by atoms with E-state index in [1.807, 2.05) is 19.1 Å². The van der Waals surface area contributed by atoms with Crippen molar-refractivity contribution in [1.82, 2.24) is 0 Å². The van der Waals surface area contributed by atoms with Crippen molar-refractivity contribution in [3.8, 4) is 0 Å². The standard InChI is InChI=1S/C15H22O3/c1-4-5-6-7-14(16)12-9-8-11(2)10-13(12)15(17)18-3/h8-10,14,16H,4-7H2,1-3H3. The van der Waals surface area contributed by atoms with E-state index in [1.165, 1.54) is 7.11 Å². The molecule has 3 heteroatoms. The molecule has 0 aliphatic heterocycles. The number of carbonyl (C=O) groups excluding carboxylic acids is 1. The Bertz CT molecular complexity index is 399. The predicted molar refractivity (Wildman–Crippen MR) is 71.6 cm³/mol. The highest BCUT2D eigenvalue weighted by atomic mass is 16.5. The smallest absolute Gasteiger partial charge is 0.338 e. The normalized spacial score (nSPS) is 12.2. The maximum Gasteiger partial charge on any atom is 0.338 e. The van der Waals surface area contributed by atoms with Gasteiger partial charge in [-0.25, -0.2) is 4.79 Å². The predicted octanol–water partition coefficient (Wildman–Crippen LogP) is 3.40. The molecule has 1 aromatic carbocycles. The molecule has 0 saturated carbocycles. The number of benzene rings is 1. The summed E-state index contributed by atoms with van der Waals surface area (Å²) in [6.07, 6.45) is 3.26. The van der Waals surface area contributed by atoms with Crippen molar-refractivity contribution in [3.05, 3.63) is 34.9 Å². The van der Waals surface area contributed by atoms with Crippen LogP contribution in [-0.4, -0.2) is 18.2 Å². The van der Waals surface area contributed by atoms with Crippen LogP contribution in [0.1, 0.15) is 60.2 Å². The van der Waals surface area contributed by atoms with E-state index in [0.717, 1.165) is 24.8 Å². The third-order valence-corrected chi connectivity index (χ3v) is 3.05. The third-order valence-electron chi connectivity index (χ3n) is 3.05. The zero-order valence-corrected chi connectivity index (χ0v) is 11.4. The second-order valence-electron chi connectivity index (χ2n) is 4.59. The molecule has 0 aromatic heterocycles. The molecule has 0 saturated heterocycles. The van der Waals surface area contributed by atoms with Gasteiger partial charge >= 0.3 is 5.97 Å². The Hall–Kier alpha value is -1.35. The van der Waals surface area contributed by atoms with E-state index >= 15 is 0 Å². The minimum absolute atomic E-state index is 0.386. The molecular formula is C15H22O3. The summed E-state index contributed by atoms with van der Waals surface area (Å²) in [5.74, 6) is -0.386. The van der Waals surface area contributed by atoms with Gasteiger partial charge in [-0.3, -0.25) is 0 Å². The number of hydrogen-bond donors (Lipinski definition) is 1. The van der Waals surface area contributed by atoms with Crippen LogP contribution in [0.3, 0.4) is 0 Å². The summed E-state index contributed by atoms with van der Waals surface area (Å²) in [4.78, 5) is 11.7. The van der Waals surface area contributed by atoms with E-state index in [2.05, 4.69) is 6.92 Å². The van der Waals surface area contributed by atoms with Gasteiger partial charge in [0.05, 0.1) is 18.8 Å². The summed E-state index contributed by atoms with van der Waals surface area (Å²) in [6, 6.07) is 5.49. The van der Waals surface area contributed by atoms with Gasteiger partial charge in [-0.2, -0.15) is 0 Å². The fourth-order valence-corrected chi connectivity index (χ4v) is 1.99. The maximum absolute atomic E-state index is 11.7. The van der Waals surface area contributed by atoms with E-state index in [4.69, 9.17) is 4.74 Å². The zero-order chi connectivity index (χ0) is 13.5. The van der Waals surface area contributed by atoms with Crippen molar-refractivity contribution >= 4 is 5.97 Å². The fraction of sp³-hybridized carbons (Fsp3) is 0.533. The van der Waals surface area contributed by atoms with Crippen LogP contribution in [0.4, 0.5) is 0 Å². The Morgan fingerprint density at radius 1 is 1.39 bits per heavy atom. The minimum Gasteiger partial charge on any atom is -0.465 e. The molecule has 0 radical (unpaired) electrons. The molecule has 18 heavy (non-hydrogen) atoms. The second-order valence-corrected chi connectivity index (χ2v) is 4.59. The Morgan fingerprint density at radius 2 is 2.11 bits per heavy atom. The molecule has 0 aliphatic carbocycles. The SMILES string of the molecule is CCCCCC(O)c1ccc(C)cc1C(=O)OC. The summed E-state index contributed by atoms with van der Waals surface area (Å²) in [6.45, 7) is 4.04. The molecule has 0 fully saturated rings. The summed E-state index contributed by atoms with van der Waals surface area (Å²) in [7, 11) is 1.36. The number of rotatable bonds is 6. The van der Waals surface area contributed by atoms with Crippen LogP contribution in [0.15, 0.2) is 18.2 Å². The molecular weight excluding hydrogens is 228 g/mol. The van der Waals surface area contributed by atoms with E-state index in [9.17, 15) is 9.90 Å². The van der Waals surface area contributed by atoms with Crippen molar-refractivity contribution in [2.75, 3.05) is 7.11 Å². The molecule has 0 heterocycles. The molecule has 3 nitrogen and oxygen atoms in total. The number of carbonyl (C=O) groups is 1. The Labute approximate surface area is 109 Å². The van der Waals surface area contributed by atoms with Gasteiger partial charge in [-0.1, -0.05) is 43.9 Å². The Balaban J connectivity index is 2.89. The van der Waals surface area contributed by atoms with Gasteiger partial charge < -0.3 is 9.84 Å². The van der Waals surface area contributed by atoms with Crippen LogP contribution in [0, 0.1) is 6.92 Å². The van der Waals surface area contributed by atoms with Crippen molar-refractivity contribution in [1.29, 1.82) is 0 Å².